The minimum Gasteiger partial charge on any atom is -0.391 e. The molecule has 0 aliphatic heterocycles. The van der Waals surface area contributed by atoms with Crippen LogP contribution in [-0.2, 0) is 13.7 Å². The van der Waals surface area contributed by atoms with Crippen molar-refractivity contribution in [3.63, 3.8) is 0 Å². The second kappa shape index (κ2) is 6.26. The maximum Gasteiger partial charge on any atom is 0.461 e. The molecule has 0 aliphatic rings. The molecule has 1 rings (SSSR count). The van der Waals surface area contributed by atoms with Crippen molar-refractivity contribution in [1.29, 1.82) is 0 Å². The predicted molar refractivity (Wildman–Crippen MR) is 72.5 cm³/mol. The third-order valence-electron chi connectivity index (χ3n) is 2.33. The number of para-hydroxylation sites is 1. The minimum absolute atomic E-state index is 0.0569. The highest BCUT2D eigenvalue weighted by molar-refractivity contribution is 8.28. The van der Waals surface area contributed by atoms with Crippen LogP contribution in [0.25, 0.3) is 0 Å². The lowest BCUT2D eigenvalue weighted by Crippen LogP contribution is -2.56. The van der Waals surface area contributed by atoms with Crippen molar-refractivity contribution < 1.29 is 47.0 Å². The monoisotopic (exact) mass is 404 g/mol. The summed E-state index contributed by atoms with van der Waals surface area (Å²) >= 11 is 0. The Hall–Kier alpha value is -1.21. The molecule has 140 valence electrons. The first-order valence-corrected chi connectivity index (χ1v) is 9.50. The number of rotatable bonds is 6. The Balaban J connectivity index is 3.11. The van der Waals surface area contributed by atoms with Crippen LogP contribution in [0.4, 0.5) is 30.7 Å². The molecule has 0 fully saturated rings. The highest BCUT2D eigenvalue weighted by Gasteiger charge is 2.79. The summed E-state index contributed by atoms with van der Waals surface area (Å²) < 4.78 is 120. The van der Waals surface area contributed by atoms with Gasteiger partial charge in [0.2, 0.25) is 0 Å². The first-order valence-electron chi connectivity index (χ1n) is 5.79. The van der Waals surface area contributed by atoms with Crippen molar-refractivity contribution in [3.8, 4) is 5.75 Å². The summed E-state index contributed by atoms with van der Waals surface area (Å²) in [4.78, 5) is 0. The van der Waals surface area contributed by atoms with E-state index in [1.807, 2.05) is 0 Å². The highest BCUT2D eigenvalue weighted by Crippen LogP contribution is 2.54. The van der Waals surface area contributed by atoms with Crippen LogP contribution in [-0.4, -0.2) is 38.3 Å². The molecule has 0 bridgehead atoms. The van der Waals surface area contributed by atoms with E-state index in [0.29, 0.717) is 0 Å². The topological polar surface area (TPSA) is 52.6 Å². The van der Waals surface area contributed by atoms with Crippen LogP contribution in [0.2, 0.25) is 0 Å². The van der Waals surface area contributed by atoms with Gasteiger partial charge in [0.25, 0.3) is 0 Å². The molecular weight excluding hydrogens is 393 g/mol. The summed E-state index contributed by atoms with van der Waals surface area (Å²) in [6.45, 7) is 0. The first kappa shape index (κ1) is 20.8. The Morgan fingerprint density at radius 3 is 1.75 bits per heavy atom. The molecule has 24 heavy (non-hydrogen) atoms. The molecule has 13 heteroatoms. The molecule has 0 spiro atoms. The Kier molecular flexibility index (Phi) is 5.43. The van der Waals surface area contributed by atoms with E-state index in [0.717, 1.165) is 12.5 Å². The van der Waals surface area contributed by atoms with Gasteiger partial charge in [0.05, 0.1) is 0 Å². The summed E-state index contributed by atoms with van der Waals surface area (Å²) in [5, 5.41) is -6.54. The van der Waals surface area contributed by atoms with E-state index in [4.69, 9.17) is 4.18 Å². The van der Waals surface area contributed by atoms with Crippen LogP contribution in [0.15, 0.2) is 30.3 Å². The Morgan fingerprint density at radius 1 is 0.875 bits per heavy atom. The largest absolute Gasteiger partial charge is 0.461 e. The number of hydrogen-bond donors (Lipinski definition) is 0. The zero-order chi connectivity index (χ0) is 19.0. The maximum atomic E-state index is 13.3. The van der Waals surface area contributed by atoms with Gasteiger partial charge in [-0.15, -0.1) is 14.2 Å². The smallest absolute Gasteiger partial charge is 0.391 e. The van der Waals surface area contributed by atoms with Crippen LogP contribution >= 0.6 is 10.6 Å². The van der Waals surface area contributed by atoms with Gasteiger partial charge >= 0.3 is 27.5 Å². The van der Waals surface area contributed by atoms with E-state index in [9.17, 15) is 39.2 Å². The first-order chi connectivity index (χ1) is 10.5. The van der Waals surface area contributed by atoms with Gasteiger partial charge in [-0.3, -0.25) is 0 Å². The van der Waals surface area contributed by atoms with Gasteiger partial charge in [0, 0.05) is 12.5 Å². The minimum atomic E-state index is -6.85. The van der Waals surface area contributed by atoms with E-state index in [2.05, 4.69) is 3.63 Å². The molecule has 1 aromatic carbocycles. The van der Waals surface area contributed by atoms with E-state index in [-0.39, 0.29) is 5.75 Å². The highest BCUT2D eigenvalue weighted by atomic mass is 32.3. The number of hydrogen-bond acceptors (Lipinski definition) is 4. The van der Waals surface area contributed by atoms with Crippen LogP contribution in [0.3, 0.4) is 0 Å². The molecule has 0 saturated carbocycles. The zero-order valence-corrected chi connectivity index (χ0v) is 13.6. The van der Waals surface area contributed by atoms with Gasteiger partial charge in [-0.25, -0.2) is 0 Å². The Bertz CT molecular complexity index is 671. The molecule has 0 saturated heterocycles. The molecule has 0 unspecified atom stereocenters. The molecule has 0 radical (unpaired) electrons. The normalized spacial score (nSPS) is 15.2. The van der Waals surface area contributed by atoms with Gasteiger partial charge in [-0.05, 0) is 12.1 Å². The van der Waals surface area contributed by atoms with Crippen LogP contribution in [0.1, 0.15) is 0 Å². The fourth-order valence-corrected chi connectivity index (χ4v) is 4.49. The summed E-state index contributed by atoms with van der Waals surface area (Å²) in [6, 6.07) is 6.92. The summed E-state index contributed by atoms with van der Waals surface area (Å²) in [5.41, 5.74) is 0. The molecule has 1 aromatic rings. The quantitative estimate of drug-likeness (QED) is 0.670. The van der Waals surface area contributed by atoms with Crippen molar-refractivity contribution >= 4 is 20.7 Å². The van der Waals surface area contributed by atoms with Crippen molar-refractivity contribution in [2.75, 3.05) is 12.5 Å². The van der Waals surface area contributed by atoms with Crippen molar-refractivity contribution in [3.05, 3.63) is 30.3 Å². The Labute approximate surface area is 134 Å². The van der Waals surface area contributed by atoms with Crippen molar-refractivity contribution in [2.24, 2.45) is 0 Å². The van der Waals surface area contributed by atoms with Gasteiger partial charge in [0.1, 0.15) is 0 Å². The van der Waals surface area contributed by atoms with E-state index in [1.165, 1.54) is 30.3 Å². The number of alkyl halides is 7. The summed E-state index contributed by atoms with van der Waals surface area (Å²) in [6.07, 6.45) is -5.13. The molecule has 0 N–H and O–H groups in total. The van der Waals surface area contributed by atoms with E-state index >= 15 is 0 Å². The molecule has 0 heterocycles. The van der Waals surface area contributed by atoms with E-state index < -0.39 is 38.1 Å². The molecule has 0 aromatic heterocycles. The fraction of sp³-hybridized carbons (Fsp3) is 0.455. The van der Waals surface area contributed by atoms with Crippen molar-refractivity contribution in [1.82, 2.24) is 0 Å². The SMILES string of the molecule is CS(C)(Oc1ccccc1)OS(=O)(=O)C(F)(F)C(F)(F)C(F)(F)F. The molecule has 0 aliphatic carbocycles. The van der Waals surface area contributed by atoms with Gasteiger partial charge < -0.3 is 4.18 Å². The second-order valence-electron chi connectivity index (χ2n) is 4.65. The van der Waals surface area contributed by atoms with Crippen LogP contribution in [0, 0.1) is 0 Å². The van der Waals surface area contributed by atoms with Crippen molar-refractivity contribution in [2.45, 2.75) is 17.4 Å². The third-order valence-corrected chi connectivity index (χ3v) is 5.83. The molecule has 4 nitrogen and oxygen atoms in total. The van der Waals surface area contributed by atoms with Gasteiger partial charge in [-0.1, -0.05) is 18.2 Å². The zero-order valence-electron chi connectivity index (χ0n) is 12.0. The average molecular weight is 404 g/mol. The maximum absolute atomic E-state index is 13.3. The number of halogens is 7. The second-order valence-corrected chi connectivity index (χ2v) is 9.07. The molecule has 0 amide bonds. The number of benzene rings is 1. The molecular formula is C11H11F7O4S2. The summed E-state index contributed by atoms with van der Waals surface area (Å²) in [5.74, 6) is -6.90. The lowest BCUT2D eigenvalue weighted by atomic mass is 10.3. The van der Waals surface area contributed by atoms with Crippen LogP contribution in [0.5, 0.6) is 5.75 Å². The lowest BCUT2D eigenvalue weighted by molar-refractivity contribution is -0.333. The lowest BCUT2D eigenvalue weighted by Gasteiger charge is -2.36. The average Bonchev–Trinajstić information content (AvgIpc) is 2.36. The molecule has 0 atom stereocenters. The standard InChI is InChI=1S/C11H11F7O4S2/c1-23(2,21-8-6-4-3-5-7-8)22-24(19,20)11(17,18)9(12,13)10(14,15)16/h3-7H,1-2H3. The van der Waals surface area contributed by atoms with E-state index in [1.54, 1.807) is 0 Å². The summed E-state index contributed by atoms with van der Waals surface area (Å²) in [7, 11) is -10.1. The van der Waals surface area contributed by atoms with Crippen LogP contribution < -0.4 is 4.18 Å². The van der Waals surface area contributed by atoms with Gasteiger partial charge in [0.15, 0.2) is 5.75 Å². The Morgan fingerprint density at radius 2 is 1.33 bits per heavy atom. The predicted octanol–water partition coefficient (Wildman–Crippen LogP) is 4.10. The van der Waals surface area contributed by atoms with Gasteiger partial charge in [-0.2, -0.15) is 39.2 Å². The third kappa shape index (κ3) is 4.06. The fourth-order valence-electron chi connectivity index (χ4n) is 1.30.